The van der Waals surface area contributed by atoms with Gasteiger partial charge < -0.3 is 14.5 Å². The Bertz CT molecular complexity index is 1100. The van der Waals surface area contributed by atoms with Gasteiger partial charge in [0.1, 0.15) is 0 Å². The van der Waals surface area contributed by atoms with Gasteiger partial charge in [0.15, 0.2) is 6.10 Å². The number of aromatic amines is 1. The van der Waals surface area contributed by atoms with E-state index in [0.29, 0.717) is 27.9 Å². The fourth-order valence-electron chi connectivity index (χ4n) is 3.08. The van der Waals surface area contributed by atoms with Gasteiger partial charge in [-0.2, -0.15) is 0 Å². The molecule has 0 radical (unpaired) electrons. The van der Waals surface area contributed by atoms with E-state index in [-0.39, 0.29) is 17.9 Å². The van der Waals surface area contributed by atoms with Crippen molar-refractivity contribution in [2.75, 3.05) is 6.61 Å². The van der Waals surface area contributed by atoms with Gasteiger partial charge in [0.25, 0.3) is 0 Å². The van der Waals surface area contributed by atoms with Crippen LogP contribution < -0.4 is 0 Å². The molecule has 8 nitrogen and oxygen atoms in total. The van der Waals surface area contributed by atoms with Crippen LogP contribution in [-0.2, 0) is 9.47 Å². The number of fused-ring (bicyclic) bond motifs is 1. The molecule has 0 spiro atoms. The monoisotopic (exact) mass is 395 g/mol. The normalized spacial score (nSPS) is 11.9. The lowest BCUT2D eigenvalue weighted by molar-refractivity contribution is 0.0316. The summed E-state index contributed by atoms with van der Waals surface area (Å²) in [7, 11) is 0. The number of esters is 2. The Morgan fingerprint density at radius 3 is 2.45 bits per heavy atom. The third-order valence-electron chi connectivity index (χ3n) is 4.52. The standard InChI is InChI=1S/C21H21N3O5/c1-5-28-21(27)17-11(2)18(24-12(17)3)19(25)13(4)29-20(26)14-6-7-15-16(10-14)23-9-8-22-15/h6-10,13,24H,5H2,1-4H3/t13-/m1/s1. The first-order valence-electron chi connectivity index (χ1n) is 9.15. The van der Waals surface area contributed by atoms with Gasteiger partial charge >= 0.3 is 11.9 Å². The number of hydrogen-bond acceptors (Lipinski definition) is 7. The summed E-state index contributed by atoms with van der Waals surface area (Å²) in [4.78, 5) is 48.6. The molecule has 0 saturated carbocycles. The molecule has 0 fully saturated rings. The zero-order valence-corrected chi connectivity index (χ0v) is 16.6. The molecule has 0 saturated heterocycles. The average molecular weight is 395 g/mol. The van der Waals surface area contributed by atoms with Crippen molar-refractivity contribution < 1.29 is 23.9 Å². The molecule has 1 aromatic carbocycles. The van der Waals surface area contributed by atoms with E-state index in [4.69, 9.17) is 9.47 Å². The van der Waals surface area contributed by atoms with Gasteiger partial charge in [0, 0.05) is 18.1 Å². The van der Waals surface area contributed by atoms with Gasteiger partial charge in [-0.25, -0.2) is 9.59 Å². The molecule has 8 heteroatoms. The number of aryl methyl sites for hydroxylation is 1. The molecule has 0 aliphatic carbocycles. The fraction of sp³-hybridized carbons (Fsp3) is 0.286. The molecule has 0 aliphatic rings. The van der Waals surface area contributed by atoms with E-state index in [2.05, 4.69) is 15.0 Å². The van der Waals surface area contributed by atoms with Crippen molar-refractivity contribution in [3.63, 3.8) is 0 Å². The van der Waals surface area contributed by atoms with Crippen LogP contribution in [-0.4, -0.2) is 45.4 Å². The Kier molecular flexibility index (Phi) is 5.72. The van der Waals surface area contributed by atoms with Gasteiger partial charge in [0.05, 0.1) is 34.5 Å². The highest BCUT2D eigenvalue weighted by Crippen LogP contribution is 2.21. The molecule has 0 amide bonds. The smallest absolute Gasteiger partial charge is 0.340 e. The molecular formula is C21H21N3O5. The summed E-state index contributed by atoms with van der Waals surface area (Å²) in [5, 5.41) is 0. The van der Waals surface area contributed by atoms with Gasteiger partial charge in [0.2, 0.25) is 5.78 Å². The zero-order valence-electron chi connectivity index (χ0n) is 16.6. The number of carbonyl (C=O) groups excluding carboxylic acids is 3. The Morgan fingerprint density at radius 1 is 1.07 bits per heavy atom. The van der Waals surface area contributed by atoms with Crippen LogP contribution in [0.3, 0.4) is 0 Å². The van der Waals surface area contributed by atoms with E-state index in [1.807, 2.05) is 0 Å². The molecule has 29 heavy (non-hydrogen) atoms. The number of nitrogens with one attached hydrogen (secondary N) is 1. The van der Waals surface area contributed by atoms with Crippen LogP contribution in [0.1, 0.15) is 56.3 Å². The Balaban J connectivity index is 1.78. The third kappa shape index (κ3) is 4.01. The number of nitrogens with zero attached hydrogens (tertiary/aromatic N) is 2. The first kappa shape index (κ1) is 20.2. The van der Waals surface area contributed by atoms with Crippen LogP contribution in [0, 0.1) is 13.8 Å². The minimum absolute atomic E-state index is 0.218. The highest BCUT2D eigenvalue weighted by Gasteiger charge is 2.27. The highest BCUT2D eigenvalue weighted by atomic mass is 16.5. The number of Topliss-reactive ketones (excluding diaryl/α,β-unsaturated/α-hetero) is 1. The average Bonchev–Trinajstić information content (AvgIpc) is 3.01. The summed E-state index contributed by atoms with van der Waals surface area (Å²) in [5.41, 5.74) is 3.00. The summed E-state index contributed by atoms with van der Waals surface area (Å²) in [6.45, 7) is 6.76. The molecule has 150 valence electrons. The van der Waals surface area contributed by atoms with Crippen molar-refractivity contribution in [3.05, 3.63) is 58.7 Å². The summed E-state index contributed by atoms with van der Waals surface area (Å²) in [6.07, 6.45) is 2.04. The largest absolute Gasteiger partial charge is 0.462 e. The Hall–Kier alpha value is -3.55. The van der Waals surface area contributed by atoms with Crippen molar-refractivity contribution >= 4 is 28.8 Å². The molecule has 0 bridgehead atoms. The second kappa shape index (κ2) is 8.22. The van der Waals surface area contributed by atoms with Gasteiger partial charge in [-0.15, -0.1) is 0 Å². The molecule has 3 aromatic rings. The van der Waals surface area contributed by atoms with Crippen molar-refractivity contribution in [1.82, 2.24) is 15.0 Å². The molecule has 0 aliphatic heterocycles. The summed E-state index contributed by atoms with van der Waals surface area (Å²) >= 11 is 0. The number of ketones is 1. The zero-order chi connectivity index (χ0) is 21.1. The van der Waals surface area contributed by atoms with E-state index in [0.717, 1.165) is 0 Å². The van der Waals surface area contributed by atoms with E-state index in [9.17, 15) is 14.4 Å². The minimum Gasteiger partial charge on any atom is -0.462 e. The second-order valence-corrected chi connectivity index (χ2v) is 6.52. The number of aromatic nitrogens is 3. The molecule has 0 unspecified atom stereocenters. The second-order valence-electron chi connectivity index (χ2n) is 6.52. The molecule has 2 heterocycles. The number of hydrogen-bond donors (Lipinski definition) is 1. The quantitative estimate of drug-likeness (QED) is 0.504. The van der Waals surface area contributed by atoms with Gasteiger partial charge in [-0.3, -0.25) is 14.8 Å². The predicted octanol–water partition coefficient (Wildman–Crippen LogP) is 3.18. The van der Waals surface area contributed by atoms with E-state index < -0.39 is 23.8 Å². The summed E-state index contributed by atoms with van der Waals surface area (Å²) < 4.78 is 10.4. The van der Waals surface area contributed by atoms with Crippen molar-refractivity contribution in [2.24, 2.45) is 0 Å². The predicted molar refractivity (Wildman–Crippen MR) is 105 cm³/mol. The number of ether oxygens (including phenoxy) is 2. The third-order valence-corrected chi connectivity index (χ3v) is 4.52. The van der Waals surface area contributed by atoms with Crippen LogP contribution in [0.5, 0.6) is 0 Å². The van der Waals surface area contributed by atoms with Crippen molar-refractivity contribution in [2.45, 2.75) is 33.8 Å². The van der Waals surface area contributed by atoms with Gasteiger partial charge in [-0.1, -0.05) is 0 Å². The lowest BCUT2D eigenvalue weighted by Gasteiger charge is -2.12. The fourth-order valence-corrected chi connectivity index (χ4v) is 3.08. The number of H-pyrrole nitrogens is 1. The maximum atomic E-state index is 12.8. The van der Waals surface area contributed by atoms with Crippen LogP contribution in [0.15, 0.2) is 30.6 Å². The molecule has 1 N–H and O–H groups in total. The summed E-state index contributed by atoms with van der Waals surface area (Å²) in [6, 6.07) is 4.79. The lowest BCUT2D eigenvalue weighted by Crippen LogP contribution is -2.25. The van der Waals surface area contributed by atoms with Crippen LogP contribution in [0.2, 0.25) is 0 Å². The van der Waals surface area contributed by atoms with Crippen LogP contribution in [0.25, 0.3) is 11.0 Å². The van der Waals surface area contributed by atoms with E-state index in [1.54, 1.807) is 45.2 Å². The highest BCUT2D eigenvalue weighted by molar-refractivity contribution is 6.04. The number of benzene rings is 1. The van der Waals surface area contributed by atoms with Crippen molar-refractivity contribution in [3.8, 4) is 0 Å². The Morgan fingerprint density at radius 2 is 1.76 bits per heavy atom. The maximum Gasteiger partial charge on any atom is 0.340 e. The van der Waals surface area contributed by atoms with Crippen LogP contribution >= 0.6 is 0 Å². The Labute approximate surface area is 167 Å². The molecular weight excluding hydrogens is 374 g/mol. The maximum absolute atomic E-state index is 12.8. The molecule has 3 rings (SSSR count). The van der Waals surface area contributed by atoms with E-state index >= 15 is 0 Å². The van der Waals surface area contributed by atoms with Crippen LogP contribution in [0.4, 0.5) is 0 Å². The summed E-state index contributed by atoms with van der Waals surface area (Å²) in [5.74, 6) is -1.58. The number of carbonyl (C=O) groups is 3. The van der Waals surface area contributed by atoms with Gasteiger partial charge in [-0.05, 0) is 51.5 Å². The lowest BCUT2D eigenvalue weighted by atomic mass is 10.1. The minimum atomic E-state index is -1.05. The van der Waals surface area contributed by atoms with Crippen molar-refractivity contribution in [1.29, 1.82) is 0 Å². The topological polar surface area (TPSA) is 111 Å². The van der Waals surface area contributed by atoms with E-state index in [1.165, 1.54) is 13.1 Å². The molecule has 1 atom stereocenters. The number of rotatable bonds is 6. The first-order chi connectivity index (χ1) is 13.8. The molecule has 2 aromatic heterocycles. The first-order valence-corrected chi connectivity index (χ1v) is 9.15. The SMILES string of the molecule is CCOC(=O)c1c(C)[nH]c(C(=O)[C@@H](C)OC(=O)c2ccc3nccnc3c2)c1C.